The van der Waals surface area contributed by atoms with Crippen LogP contribution in [0.4, 0.5) is 0 Å². The molecule has 0 bridgehead atoms. The van der Waals surface area contributed by atoms with Gasteiger partial charge in [0, 0.05) is 6.54 Å². The van der Waals surface area contributed by atoms with E-state index in [0.29, 0.717) is 6.04 Å². The summed E-state index contributed by atoms with van der Waals surface area (Å²) in [5, 5.41) is 12.2. The summed E-state index contributed by atoms with van der Waals surface area (Å²) in [6.07, 6.45) is 2.41. The van der Waals surface area contributed by atoms with Crippen LogP contribution in [0.5, 0.6) is 0 Å². The number of tetrazole rings is 1. The molecule has 1 unspecified atom stereocenters. The van der Waals surface area contributed by atoms with Gasteiger partial charge < -0.3 is 4.81 Å². The lowest BCUT2D eigenvalue weighted by Crippen LogP contribution is -2.38. The molecule has 1 saturated heterocycles. The van der Waals surface area contributed by atoms with E-state index in [4.69, 9.17) is 0 Å². The molecule has 0 saturated carbocycles. The first-order valence-corrected chi connectivity index (χ1v) is 5.28. The maximum absolute atomic E-state index is 4.27. The number of aryl methyl sites for hydroxylation is 1. The van der Waals surface area contributed by atoms with Crippen molar-refractivity contribution in [3.05, 3.63) is 5.82 Å². The van der Waals surface area contributed by atoms with Crippen LogP contribution in [-0.2, 0) is 0 Å². The third kappa shape index (κ3) is 1.95. The fourth-order valence-electron chi connectivity index (χ4n) is 1.96. The molecule has 1 aromatic rings. The Morgan fingerprint density at radius 1 is 1.50 bits per heavy atom. The molecule has 5 nitrogen and oxygen atoms in total. The van der Waals surface area contributed by atoms with Crippen LogP contribution in [0, 0.1) is 6.92 Å². The first-order valence-electron chi connectivity index (χ1n) is 5.28. The van der Waals surface area contributed by atoms with Gasteiger partial charge in [-0.05, 0) is 31.5 Å². The first kappa shape index (κ1) is 9.64. The van der Waals surface area contributed by atoms with E-state index in [2.05, 4.69) is 27.0 Å². The average Bonchev–Trinajstić information content (AvgIpc) is 2.65. The Bertz CT molecular complexity index is 300. The molecule has 1 aliphatic rings. The van der Waals surface area contributed by atoms with Gasteiger partial charge >= 0.3 is 0 Å². The summed E-state index contributed by atoms with van der Waals surface area (Å²) in [7, 11) is 1.12. The Morgan fingerprint density at radius 2 is 2.36 bits per heavy atom. The number of hydrogen-bond acceptors (Lipinski definition) is 4. The molecule has 0 aromatic carbocycles. The number of nitrogens with zero attached hydrogens (tertiary/aromatic N) is 5. The number of piperidine rings is 1. The predicted molar refractivity (Wildman–Crippen MR) is 55.4 cm³/mol. The van der Waals surface area contributed by atoms with E-state index in [0.717, 1.165) is 19.8 Å². The van der Waals surface area contributed by atoms with Crippen molar-refractivity contribution in [2.75, 3.05) is 13.1 Å². The molecule has 1 aromatic heterocycles. The van der Waals surface area contributed by atoms with Gasteiger partial charge in [0.25, 0.3) is 0 Å². The fraction of sp³-hybridized carbons (Fsp3) is 0.875. The highest BCUT2D eigenvalue weighted by atomic mass is 15.6. The molecule has 0 N–H and O–H groups in total. The van der Waals surface area contributed by atoms with Gasteiger partial charge in [-0.15, -0.1) is 10.2 Å². The molecular formula is C8H16BN5. The molecule has 0 aliphatic carbocycles. The molecule has 0 spiro atoms. The monoisotopic (exact) mass is 193 g/mol. The Morgan fingerprint density at radius 3 is 3.00 bits per heavy atom. The SMILES string of the molecule is CBN1CCCC(n2nnc(C)n2)C1. The van der Waals surface area contributed by atoms with Gasteiger partial charge in [-0.3, -0.25) is 0 Å². The molecule has 2 rings (SSSR count). The third-order valence-corrected chi connectivity index (χ3v) is 2.78. The molecule has 6 heteroatoms. The highest BCUT2D eigenvalue weighted by molar-refractivity contribution is 6.29. The van der Waals surface area contributed by atoms with Crippen LogP contribution in [-0.4, -0.2) is 45.5 Å². The molecular weight excluding hydrogens is 177 g/mol. The lowest BCUT2D eigenvalue weighted by atomic mass is 9.91. The molecule has 76 valence electrons. The van der Waals surface area contributed by atoms with E-state index in [9.17, 15) is 0 Å². The van der Waals surface area contributed by atoms with Gasteiger partial charge in [-0.25, -0.2) is 0 Å². The zero-order valence-electron chi connectivity index (χ0n) is 8.85. The van der Waals surface area contributed by atoms with Crippen molar-refractivity contribution in [2.45, 2.75) is 32.6 Å². The zero-order chi connectivity index (χ0) is 9.97. The zero-order valence-corrected chi connectivity index (χ0v) is 8.85. The van der Waals surface area contributed by atoms with Crippen molar-refractivity contribution in [1.29, 1.82) is 0 Å². The quantitative estimate of drug-likeness (QED) is 0.621. The average molecular weight is 193 g/mol. The maximum Gasteiger partial charge on any atom is 0.201 e. The maximum atomic E-state index is 4.27. The van der Waals surface area contributed by atoms with E-state index in [-0.39, 0.29) is 0 Å². The summed E-state index contributed by atoms with van der Waals surface area (Å²) < 4.78 is 0. The van der Waals surface area contributed by atoms with Crippen molar-refractivity contribution in [1.82, 2.24) is 25.0 Å². The molecule has 1 aliphatic heterocycles. The number of hydrogen-bond donors (Lipinski definition) is 0. The minimum absolute atomic E-state index is 0.421. The minimum Gasteiger partial charge on any atom is -0.343 e. The Labute approximate surface area is 84.7 Å². The van der Waals surface area contributed by atoms with Crippen LogP contribution < -0.4 is 0 Å². The van der Waals surface area contributed by atoms with Crippen LogP contribution >= 0.6 is 0 Å². The van der Waals surface area contributed by atoms with E-state index < -0.39 is 0 Å². The first-order chi connectivity index (χ1) is 6.79. The van der Waals surface area contributed by atoms with Crippen molar-refractivity contribution >= 4 is 7.41 Å². The van der Waals surface area contributed by atoms with Crippen molar-refractivity contribution in [2.24, 2.45) is 0 Å². The topological polar surface area (TPSA) is 46.8 Å². The van der Waals surface area contributed by atoms with Crippen LogP contribution in [0.3, 0.4) is 0 Å². The molecule has 0 radical (unpaired) electrons. The fourth-order valence-corrected chi connectivity index (χ4v) is 1.96. The second kappa shape index (κ2) is 4.08. The van der Waals surface area contributed by atoms with Gasteiger partial charge in [-0.2, -0.15) is 4.80 Å². The molecule has 1 fully saturated rings. The van der Waals surface area contributed by atoms with E-state index in [1.54, 1.807) is 4.80 Å². The van der Waals surface area contributed by atoms with Crippen LogP contribution in [0.2, 0.25) is 6.82 Å². The van der Waals surface area contributed by atoms with Crippen molar-refractivity contribution in [3.8, 4) is 0 Å². The van der Waals surface area contributed by atoms with E-state index in [1.165, 1.54) is 19.4 Å². The van der Waals surface area contributed by atoms with Gasteiger partial charge in [0.2, 0.25) is 7.41 Å². The summed E-state index contributed by atoms with van der Waals surface area (Å²) in [5.74, 6) is 0.763. The molecule has 0 amide bonds. The minimum atomic E-state index is 0.421. The van der Waals surface area contributed by atoms with Gasteiger partial charge in [0.15, 0.2) is 5.82 Å². The summed E-state index contributed by atoms with van der Waals surface area (Å²) in [4.78, 5) is 4.21. The van der Waals surface area contributed by atoms with Gasteiger partial charge in [-0.1, -0.05) is 6.82 Å². The smallest absolute Gasteiger partial charge is 0.201 e. The summed E-state index contributed by atoms with van der Waals surface area (Å²) in [6, 6.07) is 0.421. The Kier molecular flexibility index (Phi) is 2.81. The summed E-state index contributed by atoms with van der Waals surface area (Å²) in [5.41, 5.74) is 0. The normalized spacial score (nSPS) is 23.7. The van der Waals surface area contributed by atoms with Crippen LogP contribution in [0.25, 0.3) is 0 Å². The second-order valence-corrected chi connectivity index (χ2v) is 3.85. The largest absolute Gasteiger partial charge is 0.343 e. The highest BCUT2D eigenvalue weighted by Gasteiger charge is 2.21. The standard InChI is InChI=1S/C8H16BN5/c1-7-10-12-14(11-7)8-4-3-5-13(6-8)9-2/h8-9H,3-6H2,1-2H3. The van der Waals surface area contributed by atoms with Crippen molar-refractivity contribution < 1.29 is 0 Å². The lowest BCUT2D eigenvalue weighted by molar-refractivity contribution is 0.238. The number of aromatic nitrogens is 4. The Hall–Kier alpha value is -0.905. The summed E-state index contributed by atoms with van der Waals surface area (Å²) >= 11 is 0. The molecule has 14 heavy (non-hydrogen) atoms. The van der Waals surface area contributed by atoms with E-state index >= 15 is 0 Å². The molecule has 1 atom stereocenters. The molecule has 2 heterocycles. The van der Waals surface area contributed by atoms with Crippen LogP contribution in [0.1, 0.15) is 24.7 Å². The van der Waals surface area contributed by atoms with E-state index in [1.807, 2.05) is 6.92 Å². The predicted octanol–water partition coefficient (Wildman–Crippen LogP) is 0.0180. The highest BCUT2D eigenvalue weighted by Crippen LogP contribution is 2.18. The van der Waals surface area contributed by atoms with Gasteiger partial charge in [0.05, 0.1) is 6.04 Å². The van der Waals surface area contributed by atoms with Crippen LogP contribution in [0.15, 0.2) is 0 Å². The lowest BCUT2D eigenvalue weighted by Gasteiger charge is -2.30. The second-order valence-electron chi connectivity index (χ2n) is 3.85. The van der Waals surface area contributed by atoms with Gasteiger partial charge in [0.1, 0.15) is 0 Å². The Balaban J connectivity index is 2.04. The summed E-state index contributed by atoms with van der Waals surface area (Å²) in [6.45, 7) is 6.35. The number of rotatable bonds is 2. The van der Waals surface area contributed by atoms with Crippen molar-refractivity contribution in [3.63, 3.8) is 0 Å². The third-order valence-electron chi connectivity index (χ3n) is 2.78.